The van der Waals surface area contributed by atoms with Crippen LogP contribution in [0.25, 0.3) is 20.8 Å². The Morgan fingerprint density at radius 1 is 1.32 bits per heavy atom. The van der Waals surface area contributed by atoms with Crippen LogP contribution >= 0.6 is 11.3 Å². The molecule has 0 unspecified atom stereocenters. The number of hydrogen-bond acceptors (Lipinski definition) is 6. The molecular weight excluding hydrogens is 298 g/mol. The number of para-hydroxylation sites is 1. The van der Waals surface area contributed by atoms with Crippen LogP contribution < -0.4 is 11.1 Å². The van der Waals surface area contributed by atoms with Crippen LogP contribution in [0.5, 0.6) is 0 Å². The smallest absolute Gasteiger partial charge is 0.157 e. The van der Waals surface area contributed by atoms with Crippen molar-refractivity contribution >= 4 is 33.2 Å². The number of nitrogens with one attached hydrogen (secondary N) is 2. The van der Waals surface area contributed by atoms with Crippen molar-refractivity contribution < 1.29 is 5.11 Å². The van der Waals surface area contributed by atoms with Gasteiger partial charge in [-0.25, -0.2) is 4.98 Å². The molecule has 6 nitrogen and oxygen atoms in total. The second kappa shape index (κ2) is 5.26. The molecule has 4 rings (SSSR count). The number of hydrogen-bond donors (Lipinski definition) is 4. The summed E-state index contributed by atoms with van der Waals surface area (Å²) in [5.41, 5.74) is 7.77. The first-order chi connectivity index (χ1) is 10.7. The summed E-state index contributed by atoms with van der Waals surface area (Å²) in [7, 11) is 0. The molecule has 0 radical (unpaired) electrons. The molecule has 1 aromatic carbocycles. The van der Waals surface area contributed by atoms with E-state index in [1.54, 1.807) is 11.3 Å². The summed E-state index contributed by atoms with van der Waals surface area (Å²) in [6.07, 6.45) is 2.48. The molecule has 0 amide bonds. The summed E-state index contributed by atoms with van der Waals surface area (Å²) in [6.45, 7) is 0. The van der Waals surface area contributed by atoms with E-state index >= 15 is 0 Å². The molecule has 0 aliphatic heterocycles. The standard InChI is InChI=1S/C15H17N5OS/c16-13-12(15-18-9-4-1-2-7-11(9)22-15)14(20-19-13)17-8-5-3-6-10(8)21/h1-2,4,7-8,10,21H,3,5-6H2,(H4,16,17,19,20)/t8-,10-/m0/s1. The highest BCUT2D eigenvalue weighted by atomic mass is 32.1. The molecule has 0 spiro atoms. The number of nitrogens with zero attached hydrogens (tertiary/aromatic N) is 2. The van der Waals surface area contributed by atoms with Crippen molar-refractivity contribution in [1.82, 2.24) is 15.2 Å². The number of aromatic amines is 1. The topological polar surface area (TPSA) is 99.8 Å². The lowest BCUT2D eigenvalue weighted by Crippen LogP contribution is -2.28. The molecule has 1 saturated carbocycles. The minimum absolute atomic E-state index is 0.0352. The number of nitrogens with two attached hydrogens (primary N) is 1. The number of H-pyrrole nitrogens is 1. The number of thiazole rings is 1. The van der Waals surface area contributed by atoms with Crippen molar-refractivity contribution in [2.75, 3.05) is 11.1 Å². The maximum atomic E-state index is 9.99. The lowest BCUT2D eigenvalue weighted by atomic mass is 10.2. The molecule has 5 N–H and O–H groups in total. The highest BCUT2D eigenvalue weighted by molar-refractivity contribution is 7.21. The van der Waals surface area contributed by atoms with E-state index < -0.39 is 0 Å². The van der Waals surface area contributed by atoms with E-state index in [1.165, 1.54) is 0 Å². The van der Waals surface area contributed by atoms with E-state index in [1.807, 2.05) is 24.3 Å². The van der Waals surface area contributed by atoms with Gasteiger partial charge in [-0.15, -0.1) is 11.3 Å². The monoisotopic (exact) mass is 315 g/mol. The van der Waals surface area contributed by atoms with Crippen molar-refractivity contribution in [3.63, 3.8) is 0 Å². The van der Waals surface area contributed by atoms with Crippen LogP contribution in [-0.2, 0) is 0 Å². The zero-order chi connectivity index (χ0) is 15.1. The van der Waals surface area contributed by atoms with E-state index in [9.17, 15) is 5.11 Å². The van der Waals surface area contributed by atoms with Gasteiger partial charge in [-0.2, -0.15) is 5.10 Å². The molecule has 1 aliphatic rings. The second-order valence-corrected chi connectivity index (χ2v) is 6.63. The Balaban J connectivity index is 1.73. The number of aromatic nitrogens is 3. The van der Waals surface area contributed by atoms with Crippen LogP contribution in [0.4, 0.5) is 11.6 Å². The summed E-state index contributed by atoms with van der Waals surface area (Å²) in [5, 5.41) is 21.2. The Morgan fingerprint density at radius 2 is 2.18 bits per heavy atom. The Labute approximate surface area is 131 Å². The zero-order valence-corrected chi connectivity index (χ0v) is 12.7. The maximum absolute atomic E-state index is 9.99. The van der Waals surface area contributed by atoms with Gasteiger partial charge in [0.05, 0.1) is 27.9 Å². The highest BCUT2D eigenvalue weighted by Gasteiger charge is 2.27. The van der Waals surface area contributed by atoms with Crippen LogP contribution in [0.2, 0.25) is 0 Å². The van der Waals surface area contributed by atoms with Gasteiger partial charge in [0, 0.05) is 0 Å². The lowest BCUT2D eigenvalue weighted by molar-refractivity contribution is 0.171. The van der Waals surface area contributed by atoms with Gasteiger partial charge >= 0.3 is 0 Å². The number of fused-ring (bicyclic) bond motifs is 1. The fourth-order valence-corrected chi connectivity index (χ4v) is 3.98. The third kappa shape index (κ3) is 2.22. The average molecular weight is 315 g/mol. The summed E-state index contributed by atoms with van der Waals surface area (Å²) < 4.78 is 1.12. The van der Waals surface area contributed by atoms with E-state index in [4.69, 9.17) is 5.73 Å². The van der Waals surface area contributed by atoms with E-state index in [-0.39, 0.29) is 12.1 Å². The molecule has 22 heavy (non-hydrogen) atoms. The summed E-state index contributed by atoms with van der Waals surface area (Å²) in [4.78, 5) is 4.65. The van der Waals surface area contributed by atoms with Crippen LogP contribution in [0.1, 0.15) is 19.3 Å². The van der Waals surface area contributed by atoms with Crippen molar-refractivity contribution in [1.29, 1.82) is 0 Å². The van der Waals surface area contributed by atoms with Crippen LogP contribution in [0.15, 0.2) is 24.3 Å². The van der Waals surface area contributed by atoms with Crippen LogP contribution in [0.3, 0.4) is 0 Å². The molecule has 2 aromatic heterocycles. The first-order valence-electron chi connectivity index (χ1n) is 7.37. The number of aliphatic hydroxyl groups is 1. The third-order valence-electron chi connectivity index (χ3n) is 4.11. The van der Waals surface area contributed by atoms with Gasteiger partial charge in [0.15, 0.2) is 5.82 Å². The molecule has 2 heterocycles. The molecule has 1 aliphatic carbocycles. The van der Waals surface area contributed by atoms with Crippen LogP contribution in [0, 0.1) is 0 Å². The van der Waals surface area contributed by atoms with E-state index in [2.05, 4.69) is 20.5 Å². The second-order valence-electron chi connectivity index (χ2n) is 5.59. The molecular formula is C15H17N5OS. The van der Waals surface area contributed by atoms with Gasteiger partial charge in [0.2, 0.25) is 0 Å². The molecule has 0 bridgehead atoms. The predicted octanol–water partition coefficient (Wildman–Crippen LogP) is 2.59. The summed E-state index contributed by atoms with van der Waals surface area (Å²) in [6, 6.07) is 8.03. The van der Waals surface area contributed by atoms with Gasteiger partial charge in [-0.3, -0.25) is 5.10 Å². The average Bonchev–Trinajstić information content (AvgIpc) is 3.19. The highest BCUT2D eigenvalue weighted by Crippen LogP contribution is 2.38. The minimum atomic E-state index is -0.326. The fourth-order valence-electron chi connectivity index (χ4n) is 2.95. The Kier molecular flexibility index (Phi) is 3.24. The quantitative estimate of drug-likeness (QED) is 0.595. The SMILES string of the molecule is Nc1n[nH]c(N[C@H]2CCC[C@@H]2O)c1-c1nc2ccccc2s1. The third-order valence-corrected chi connectivity index (χ3v) is 5.17. The molecule has 1 fully saturated rings. The Hall–Kier alpha value is -2.12. The van der Waals surface area contributed by atoms with E-state index in [0.29, 0.717) is 5.82 Å². The minimum Gasteiger partial charge on any atom is -0.391 e. The predicted molar refractivity (Wildman–Crippen MR) is 88.9 cm³/mol. The Bertz CT molecular complexity index is 778. The van der Waals surface area contributed by atoms with Crippen molar-refractivity contribution in [3.8, 4) is 10.6 Å². The van der Waals surface area contributed by atoms with E-state index in [0.717, 1.165) is 45.9 Å². The first-order valence-corrected chi connectivity index (χ1v) is 8.18. The number of benzene rings is 1. The van der Waals surface area contributed by atoms with Gasteiger partial charge in [0.1, 0.15) is 10.8 Å². The van der Waals surface area contributed by atoms with Gasteiger partial charge < -0.3 is 16.2 Å². The number of anilines is 2. The molecule has 114 valence electrons. The largest absolute Gasteiger partial charge is 0.391 e. The zero-order valence-electron chi connectivity index (χ0n) is 11.9. The van der Waals surface area contributed by atoms with Crippen molar-refractivity contribution in [2.45, 2.75) is 31.4 Å². The lowest BCUT2D eigenvalue weighted by Gasteiger charge is -2.17. The molecule has 0 saturated heterocycles. The first kappa shape index (κ1) is 13.5. The maximum Gasteiger partial charge on any atom is 0.157 e. The summed E-state index contributed by atoms with van der Waals surface area (Å²) in [5.74, 6) is 1.16. The number of rotatable bonds is 3. The molecule has 2 atom stereocenters. The molecule has 7 heteroatoms. The normalized spacial score (nSPS) is 21.5. The Morgan fingerprint density at radius 3 is 2.95 bits per heavy atom. The van der Waals surface area contributed by atoms with Gasteiger partial charge in [-0.05, 0) is 31.4 Å². The van der Waals surface area contributed by atoms with Gasteiger partial charge in [-0.1, -0.05) is 12.1 Å². The number of nitrogen functional groups attached to an aromatic ring is 1. The van der Waals surface area contributed by atoms with Gasteiger partial charge in [0.25, 0.3) is 0 Å². The van der Waals surface area contributed by atoms with Crippen molar-refractivity contribution in [2.24, 2.45) is 0 Å². The fraction of sp³-hybridized carbons (Fsp3) is 0.333. The van der Waals surface area contributed by atoms with Crippen LogP contribution in [-0.4, -0.2) is 32.4 Å². The van der Waals surface area contributed by atoms with Crippen molar-refractivity contribution in [3.05, 3.63) is 24.3 Å². The number of aliphatic hydroxyl groups excluding tert-OH is 1. The summed E-state index contributed by atoms with van der Waals surface area (Å²) >= 11 is 1.59. The molecule has 3 aromatic rings.